The maximum Gasteiger partial charge on any atom is 0.200 e. The Morgan fingerprint density at radius 3 is 1.89 bits per heavy atom. The van der Waals surface area contributed by atoms with Crippen molar-refractivity contribution in [3.05, 3.63) is 141 Å². The molecular formula is C34H24O2. The summed E-state index contributed by atoms with van der Waals surface area (Å²) in [5, 5.41) is 1.23. The third-order valence-corrected chi connectivity index (χ3v) is 7.67. The van der Waals surface area contributed by atoms with E-state index in [0.29, 0.717) is 21.9 Å². The van der Waals surface area contributed by atoms with Gasteiger partial charge in [0.15, 0.2) is 0 Å². The summed E-state index contributed by atoms with van der Waals surface area (Å²) in [4.78, 5) is 12.9. The Kier molecular flexibility index (Phi) is 4.52. The molecule has 2 nitrogen and oxygen atoms in total. The van der Waals surface area contributed by atoms with Crippen molar-refractivity contribution in [2.75, 3.05) is 0 Å². The van der Waals surface area contributed by atoms with Crippen LogP contribution in [-0.2, 0) is 0 Å². The lowest BCUT2D eigenvalue weighted by molar-refractivity contribution is 0.660. The smallest absolute Gasteiger partial charge is 0.200 e. The molecule has 0 N–H and O–H groups in total. The van der Waals surface area contributed by atoms with E-state index in [-0.39, 0.29) is 11.3 Å². The van der Waals surface area contributed by atoms with Gasteiger partial charge in [0.1, 0.15) is 11.2 Å². The van der Waals surface area contributed by atoms with Crippen LogP contribution >= 0.6 is 0 Å². The first-order chi connectivity index (χ1) is 17.6. The van der Waals surface area contributed by atoms with Crippen LogP contribution in [0.15, 0.2) is 112 Å². The number of hydrogen-bond acceptors (Lipinski definition) is 2. The summed E-state index contributed by atoms with van der Waals surface area (Å²) in [5.74, 6) is 0.229. The van der Waals surface area contributed by atoms with Crippen LogP contribution in [0.3, 0.4) is 0 Å². The van der Waals surface area contributed by atoms with Crippen LogP contribution in [0.2, 0.25) is 0 Å². The highest BCUT2D eigenvalue weighted by molar-refractivity contribution is 5.91. The second-order valence-electron chi connectivity index (χ2n) is 9.77. The molecule has 0 unspecified atom stereocenters. The molecule has 0 atom stereocenters. The van der Waals surface area contributed by atoms with E-state index in [1.807, 2.05) is 42.5 Å². The fourth-order valence-electron chi connectivity index (χ4n) is 5.92. The fourth-order valence-corrected chi connectivity index (χ4v) is 5.92. The third kappa shape index (κ3) is 3.01. The Morgan fingerprint density at radius 1 is 0.583 bits per heavy atom. The lowest BCUT2D eigenvalue weighted by Gasteiger charge is -2.18. The topological polar surface area (TPSA) is 30.2 Å². The number of fused-ring (bicyclic) bond motifs is 5. The molecule has 172 valence electrons. The van der Waals surface area contributed by atoms with Crippen LogP contribution in [0.4, 0.5) is 0 Å². The molecule has 0 saturated carbocycles. The number of rotatable bonds is 2. The highest BCUT2D eigenvalue weighted by Crippen LogP contribution is 2.50. The van der Waals surface area contributed by atoms with E-state index in [9.17, 15) is 4.79 Å². The van der Waals surface area contributed by atoms with Crippen LogP contribution < -0.4 is 5.43 Å². The molecule has 0 aliphatic heterocycles. The van der Waals surface area contributed by atoms with Crippen molar-refractivity contribution in [1.82, 2.24) is 0 Å². The predicted molar refractivity (Wildman–Crippen MR) is 148 cm³/mol. The van der Waals surface area contributed by atoms with Crippen LogP contribution in [0.25, 0.3) is 44.2 Å². The molecule has 5 aromatic carbocycles. The van der Waals surface area contributed by atoms with Gasteiger partial charge in [0.2, 0.25) is 5.43 Å². The summed E-state index contributed by atoms with van der Waals surface area (Å²) < 4.78 is 6.10. The van der Waals surface area contributed by atoms with Gasteiger partial charge >= 0.3 is 0 Å². The normalized spacial score (nSPS) is 12.7. The van der Waals surface area contributed by atoms with Gasteiger partial charge in [-0.25, -0.2) is 0 Å². The Balaban J connectivity index is 1.34. The first-order valence-corrected chi connectivity index (χ1v) is 12.4. The Morgan fingerprint density at radius 2 is 1.19 bits per heavy atom. The monoisotopic (exact) mass is 464 g/mol. The van der Waals surface area contributed by atoms with Crippen molar-refractivity contribution < 1.29 is 4.42 Å². The number of hydrogen-bond donors (Lipinski definition) is 0. The molecule has 1 heterocycles. The Labute approximate surface area is 209 Å². The van der Waals surface area contributed by atoms with E-state index in [2.05, 4.69) is 74.5 Å². The molecule has 0 amide bonds. The molecule has 1 aromatic heterocycles. The van der Waals surface area contributed by atoms with Crippen LogP contribution in [-0.4, -0.2) is 0 Å². The van der Waals surface area contributed by atoms with Gasteiger partial charge in [0, 0.05) is 5.92 Å². The van der Waals surface area contributed by atoms with Gasteiger partial charge in [0.25, 0.3) is 0 Å². The minimum atomic E-state index is 0.0121. The molecule has 7 rings (SSSR count). The first kappa shape index (κ1) is 20.9. The van der Waals surface area contributed by atoms with Gasteiger partial charge in [-0.3, -0.25) is 4.79 Å². The van der Waals surface area contributed by atoms with Crippen LogP contribution in [0.5, 0.6) is 0 Å². The molecule has 0 spiro atoms. The van der Waals surface area contributed by atoms with Gasteiger partial charge in [-0.2, -0.15) is 0 Å². The predicted octanol–water partition coefficient (Wildman–Crippen LogP) is 8.39. The van der Waals surface area contributed by atoms with E-state index < -0.39 is 0 Å². The molecular weight excluding hydrogens is 440 g/mol. The molecule has 2 heteroatoms. The zero-order chi connectivity index (χ0) is 24.4. The SMILES string of the molecule is Cc1cccc2c1C(c1ccc(-c3ccc4c(=O)c5ccccc5oc4c3)cc1)c1c(C)cccc1-2. The average Bonchev–Trinajstić information content (AvgIpc) is 3.26. The van der Waals surface area contributed by atoms with E-state index >= 15 is 0 Å². The largest absolute Gasteiger partial charge is 0.456 e. The second-order valence-corrected chi connectivity index (χ2v) is 9.77. The maximum atomic E-state index is 12.9. The van der Waals surface area contributed by atoms with E-state index in [0.717, 1.165) is 11.1 Å². The van der Waals surface area contributed by atoms with Crippen molar-refractivity contribution in [1.29, 1.82) is 0 Å². The van der Waals surface area contributed by atoms with Crippen molar-refractivity contribution >= 4 is 21.9 Å². The van der Waals surface area contributed by atoms with Gasteiger partial charge in [-0.05, 0) is 88.2 Å². The summed E-state index contributed by atoms with van der Waals surface area (Å²) >= 11 is 0. The molecule has 0 saturated heterocycles. The van der Waals surface area contributed by atoms with E-state index in [1.165, 1.54) is 38.9 Å². The first-order valence-electron chi connectivity index (χ1n) is 12.4. The minimum Gasteiger partial charge on any atom is -0.456 e. The summed E-state index contributed by atoms with van der Waals surface area (Å²) in [6, 6.07) is 35.4. The number of para-hydroxylation sites is 1. The molecule has 1 aliphatic carbocycles. The molecule has 1 aliphatic rings. The molecule has 0 bridgehead atoms. The fraction of sp³-hybridized carbons (Fsp3) is 0.0882. The van der Waals surface area contributed by atoms with Crippen LogP contribution in [0, 0.1) is 13.8 Å². The van der Waals surface area contributed by atoms with Crippen LogP contribution in [0.1, 0.15) is 33.7 Å². The Hall–Kier alpha value is -4.43. The standard InChI is InChI=1S/C34H24O2/c1-20-7-5-10-25-26-11-6-8-21(2)32(26)33(31(20)25)23-15-13-22(14-16-23)24-17-18-28-30(19-24)36-29-12-4-3-9-27(29)34(28)35/h3-19,33H,1-2H3. The van der Waals surface area contributed by atoms with Crippen molar-refractivity contribution in [2.24, 2.45) is 0 Å². The van der Waals surface area contributed by atoms with E-state index in [4.69, 9.17) is 4.42 Å². The quantitative estimate of drug-likeness (QED) is 0.241. The highest BCUT2D eigenvalue weighted by Gasteiger charge is 2.32. The van der Waals surface area contributed by atoms with E-state index in [1.54, 1.807) is 0 Å². The van der Waals surface area contributed by atoms with Gasteiger partial charge in [-0.1, -0.05) is 78.9 Å². The third-order valence-electron chi connectivity index (χ3n) is 7.67. The maximum absolute atomic E-state index is 12.9. The van der Waals surface area contributed by atoms with Crippen molar-refractivity contribution in [3.63, 3.8) is 0 Å². The summed E-state index contributed by atoms with van der Waals surface area (Å²) in [7, 11) is 0. The Bertz CT molecular complexity index is 1820. The summed E-state index contributed by atoms with van der Waals surface area (Å²) in [5.41, 5.74) is 12.8. The molecule has 0 radical (unpaired) electrons. The average molecular weight is 465 g/mol. The van der Waals surface area contributed by atoms with Gasteiger partial charge in [-0.15, -0.1) is 0 Å². The lowest BCUT2D eigenvalue weighted by atomic mass is 9.85. The van der Waals surface area contributed by atoms with Gasteiger partial charge in [0.05, 0.1) is 10.8 Å². The van der Waals surface area contributed by atoms with Crippen molar-refractivity contribution in [2.45, 2.75) is 19.8 Å². The van der Waals surface area contributed by atoms with Crippen molar-refractivity contribution in [3.8, 4) is 22.3 Å². The molecule has 6 aromatic rings. The lowest BCUT2D eigenvalue weighted by Crippen LogP contribution is -2.03. The highest BCUT2D eigenvalue weighted by atomic mass is 16.3. The van der Waals surface area contributed by atoms with Gasteiger partial charge < -0.3 is 4.42 Å². The zero-order valence-electron chi connectivity index (χ0n) is 20.2. The molecule has 36 heavy (non-hydrogen) atoms. The minimum absolute atomic E-state index is 0.0121. The second kappa shape index (κ2) is 7.79. The summed E-state index contributed by atoms with van der Waals surface area (Å²) in [6.45, 7) is 4.43. The number of benzene rings is 5. The number of aryl methyl sites for hydroxylation is 2. The zero-order valence-corrected chi connectivity index (χ0v) is 20.2. The molecule has 0 fully saturated rings. The summed E-state index contributed by atoms with van der Waals surface area (Å²) in [6.07, 6.45) is 0.